The van der Waals surface area contributed by atoms with Crippen LogP contribution in [0.3, 0.4) is 0 Å². The van der Waals surface area contributed by atoms with Crippen LogP contribution < -0.4 is 5.69 Å². The van der Waals surface area contributed by atoms with Crippen LogP contribution in [0.4, 0.5) is 5.69 Å². The summed E-state index contributed by atoms with van der Waals surface area (Å²) in [6.45, 7) is 3.73. The summed E-state index contributed by atoms with van der Waals surface area (Å²) in [5.74, 6) is 0.523. The Hall–Kier alpha value is -3.59. The molecule has 0 unspecified atom stereocenters. The van der Waals surface area contributed by atoms with Crippen LogP contribution in [0.15, 0.2) is 58.7 Å². The third kappa shape index (κ3) is 3.12. The summed E-state index contributed by atoms with van der Waals surface area (Å²) in [5.41, 5.74) is 2.89. The van der Waals surface area contributed by atoms with Crippen molar-refractivity contribution in [1.82, 2.24) is 19.3 Å². The van der Waals surface area contributed by atoms with E-state index in [9.17, 15) is 14.9 Å². The lowest BCUT2D eigenvalue weighted by molar-refractivity contribution is -0.384. The summed E-state index contributed by atoms with van der Waals surface area (Å²) in [7, 11) is 0. The highest BCUT2D eigenvalue weighted by Crippen LogP contribution is 2.26. The normalized spacial score (nSPS) is 10.9. The minimum absolute atomic E-state index is 0.0191. The van der Waals surface area contributed by atoms with Crippen molar-refractivity contribution in [3.63, 3.8) is 0 Å². The number of thiazole rings is 1. The molecule has 0 fully saturated rings. The molecule has 2 aromatic carbocycles. The standard InChI is InChI=1S/C19H15N5O3S/c1-12-3-7-15(8-4-12)23-19(25)22(13(2)21-23)18-20-17(11-28-18)14-5-9-16(10-6-14)24(26)27/h3-11H,1-2H3. The highest BCUT2D eigenvalue weighted by atomic mass is 32.1. The number of aromatic nitrogens is 4. The third-order valence-electron chi connectivity index (χ3n) is 4.28. The molecule has 0 aliphatic rings. The number of nitro groups is 1. The fourth-order valence-electron chi connectivity index (χ4n) is 2.79. The average molecular weight is 393 g/mol. The van der Waals surface area contributed by atoms with Gasteiger partial charge < -0.3 is 0 Å². The molecule has 4 rings (SSSR count). The van der Waals surface area contributed by atoms with E-state index in [4.69, 9.17) is 0 Å². The molecular weight excluding hydrogens is 378 g/mol. The molecule has 0 aliphatic carbocycles. The second kappa shape index (κ2) is 6.86. The first-order chi connectivity index (χ1) is 13.4. The summed E-state index contributed by atoms with van der Waals surface area (Å²) in [6, 6.07) is 13.7. The molecule has 8 nitrogen and oxygen atoms in total. The summed E-state index contributed by atoms with van der Waals surface area (Å²) in [6.07, 6.45) is 0. The Kier molecular flexibility index (Phi) is 4.36. The number of hydrogen-bond donors (Lipinski definition) is 0. The molecular formula is C19H15N5O3S. The fourth-order valence-corrected chi connectivity index (χ4v) is 3.67. The first-order valence-corrected chi connectivity index (χ1v) is 9.28. The molecule has 28 heavy (non-hydrogen) atoms. The second-order valence-electron chi connectivity index (χ2n) is 6.23. The van der Waals surface area contributed by atoms with Gasteiger partial charge in [0.1, 0.15) is 5.82 Å². The molecule has 0 spiro atoms. The minimum atomic E-state index is -0.446. The zero-order valence-electron chi connectivity index (χ0n) is 15.1. The molecule has 2 heterocycles. The molecule has 0 N–H and O–H groups in total. The maximum atomic E-state index is 12.9. The van der Waals surface area contributed by atoms with Gasteiger partial charge in [0.15, 0.2) is 5.13 Å². The van der Waals surface area contributed by atoms with Gasteiger partial charge in [-0.2, -0.15) is 4.68 Å². The van der Waals surface area contributed by atoms with E-state index >= 15 is 0 Å². The first-order valence-electron chi connectivity index (χ1n) is 8.40. The lowest BCUT2D eigenvalue weighted by Gasteiger charge is -1.99. The molecule has 2 aromatic heterocycles. The van der Waals surface area contributed by atoms with Crippen molar-refractivity contribution in [2.75, 3.05) is 0 Å². The lowest BCUT2D eigenvalue weighted by Crippen LogP contribution is -2.22. The smallest absolute Gasteiger partial charge is 0.258 e. The Morgan fingerprint density at radius 1 is 1.04 bits per heavy atom. The monoisotopic (exact) mass is 393 g/mol. The average Bonchev–Trinajstić information content (AvgIpc) is 3.27. The molecule has 0 radical (unpaired) electrons. The zero-order valence-corrected chi connectivity index (χ0v) is 15.9. The highest BCUT2D eigenvalue weighted by Gasteiger charge is 2.17. The number of nitro benzene ring substituents is 1. The minimum Gasteiger partial charge on any atom is -0.258 e. The first kappa shape index (κ1) is 17.8. The Labute approximate surface area is 163 Å². The molecule has 0 atom stereocenters. The number of benzene rings is 2. The Bertz CT molecular complexity index is 1220. The van der Waals surface area contributed by atoms with Gasteiger partial charge in [-0.15, -0.1) is 16.4 Å². The van der Waals surface area contributed by atoms with E-state index in [2.05, 4.69) is 10.1 Å². The van der Waals surface area contributed by atoms with Crippen LogP contribution in [0, 0.1) is 24.0 Å². The molecule has 0 bridgehead atoms. The summed E-state index contributed by atoms with van der Waals surface area (Å²) < 4.78 is 2.81. The molecule has 9 heteroatoms. The van der Waals surface area contributed by atoms with Crippen molar-refractivity contribution in [2.45, 2.75) is 13.8 Å². The van der Waals surface area contributed by atoms with Crippen molar-refractivity contribution >= 4 is 17.0 Å². The van der Waals surface area contributed by atoms with Crippen molar-refractivity contribution in [3.8, 4) is 22.1 Å². The Balaban J connectivity index is 1.72. The van der Waals surface area contributed by atoms with Crippen molar-refractivity contribution in [2.24, 2.45) is 0 Å². The molecule has 0 saturated heterocycles. The number of non-ortho nitro benzene ring substituents is 1. The van der Waals surface area contributed by atoms with Crippen LogP contribution in [0.5, 0.6) is 0 Å². The SMILES string of the molecule is Cc1ccc(-n2nc(C)n(-c3nc(-c4ccc([N+](=O)[O-])cc4)cs3)c2=O)cc1. The summed E-state index contributed by atoms with van der Waals surface area (Å²) >= 11 is 1.31. The molecule has 0 aliphatic heterocycles. The lowest BCUT2D eigenvalue weighted by atomic mass is 10.1. The maximum absolute atomic E-state index is 12.9. The fraction of sp³-hybridized carbons (Fsp3) is 0.105. The Morgan fingerprint density at radius 3 is 2.36 bits per heavy atom. The topological polar surface area (TPSA) is 95.8 Å². The van der Waals surface area contributed by atoms with Crippen molar-refractivity contribution in [3.05, 3.63) is 85.9 Å². The van der Waals surface area contributed by atoms with Crippen LogP contribution in [-0.4, -0.2) is 24.3 Å². The summed E-state index contributed by atoms with van der Waals surface area (Å²) in [5, 5.41) is 17.5. The molecule has 4 aromatic rings. The van der Waals surface area contributed by atoms with E-state index in [-0.39, 0.29) is 11.4 Å². The number of aryl methyl sites for hydroxylation is 2. The molecule has 140 valence electrons. The quantitative estimate of drug-likeness (QED) is 0.389. The van der Waals surface area contributed by atoms with E-state index in [1.165, 1.54) is 32.7 Å². The zero-order chi connectivity index (χ0) is 19.8. The second-order valence-corrected chi connectivity index (χ2v) is 7.07. The van der Waals surface area contributed by atoms with Gasteiger partial charge in [0, 0.05) is 23.1 Å². The van der Waals surface area contributed by atoms with E-state index in [1.807, 2.05) is 36.6 Å². The predicted molar refractivity (Wildman–Crippen MR) is 106 cm³/mol. The van der Waals surface area contributed by atoms with E-state index in [0.717, 1.165) is 11.1 Å². The van der Waals surface area contributed by atoms with Crippen molar-refractivity contribution < 1.29 is 4.92 Å². The van der Waals surface area contributed by atoms with Gasteiger partial charge in [-0.3, -0.25) is 10.1 Å². The molecule has 0 amide bonds. The number of nitrogens with zero attached hydrogens (tertiary/aromatic N) is 5. The third-order valence-corrected chi connectivity index (χ3v) is 5.10. The molecule has 0 saturated carbocycles. The van der Waals surface area contributed by atoms with Crippen LogP contribution in [0.1, 0.15) is 11.4 Å². The Morgan fingerprint density at radius 2 is 1.71 bits per heavy atom. The van der Waals surface area contributed by atoms with Gasteiger partial charge >= 0.3 is 5.69 Å². The number of rotatable bonds is 4. The van der Waals surface area contributed by atoms with Gasteiger partial charge in [-0.25, -0.2) is 14.3 Å². The van der Waals surface area contributed by atoms with Crippen molar-refractivity contribution in [1.29, 1.82) is 0 Å². The summed E-state index contributed by atoms with van der Waals surface area (Å²) in [4.78, 5) is 27.8. The largest absolute Gasteiger partial charge is 0.357 e. The van der Waals surface area contributed by atoms with Gasteiger partial charge in [-0.1, -0.05) is 17.7 Å². The van der Waals surface area contributed by atoms with E-state index < -0.39 is 4.92 Å². The van der Waals surface area contributed by atoms with E-state index in [0.29, 0.717) is 22.3 Å². The van der Waals surface area contributed by atoms with Crippen LogP contribution in [0.25, 0.3) is 22.1 Å². The number of hydrogen-bond acceptors (Lipinski definition) is 6. The van der Waals surface area contributed by atoms with Gasteiger partial charge in [-0.05, 0) is 38.1 Å². The van der Waals surface area contributed by atoms with Crippen LogP contribution >= 0.6 is 11.3 Å². The predicted octanol–water partition coefficient (Wildman–Crippen LogP) is 3.67. The van der Waals surface area contributed by atoms with Gasteiger partial charge in [0.2, 0.25) is 0 Å². The van der Waals surface area contributed by atoms with Crippen LogP contribution in [0.2, 0.25) is 0 Å². The van der Waals surface area contributed by atoms with E-state index in [1.54, 1.807) is 19.1 Å². The highest BCUT2D eigenvalue weighted by molar-refractivity contribution is 7.12. The van der Waals surface area contributed by atoms with Gasteiger partial charge in [0.05, 0.1) is 16.3 Å². The van der Waals surface area contributed by atoms with Gasteiger partial charge in [0.25, 0.3) is 5.69 Å². The van der Waals surface area contributed by atoms with Crippen LogP contribution in [-0.2, 0) is 0 Å². The maximum Gasteiger partial charge on any atom is 0.357 e.